The number of hydrogen-bond donors (Lipinski definition) is 1. The van der Waals surface area contributed by atoms with Gasteiger partial charge in [-0.3, -0.25) is 0 Å². The molecule has 0 unspecified atom stereocenters. The van der Waals surface area contributed by atoms with Gasteiger partial charge in [-0.2, -0.15) is 0 Å². The number of nitrogens with two attached hydrogens (primary N) is 1. The molecule has 1 rings (SSSR count). The minimum Gasteiger partial charge on any atom is -0.344 e. The van der Waals surface area contributed by atoms with Gasteiger partial charge in [-0.05, 0) is 5.92 Å². The second kappa shape index (κ2) is 4.91. The van der Waals surface area contributed by atoms with Gasteiger partial charge in [0.05, 0.1) is 0 Å². The number of aromatic nitrogens is 2. The summed E-state index contributed by atoms with van der Waals surface area (Å²) >= 11 is 0. The van der Waals surface area contributed by atoms with Crippen LogP contribution in [0.3, 0.4) is 0 Å². The van der Waals surface area contributed by atoms with E-state index in [9.17, 15) is 0 Å². The van der Waals surface area contributed by atoms with Crippen LogP contribution in [0.4, 0.5) is 5.95 Å². The molecule has 0 bridgehead atoms. The van der Waals surface area contributed by atoms with Gasteiger partial charge in [-0.25, -0.2) is 9.97 Å². The zero-order chi connectivity index (χ0) is 10.6. The number of hydrogen-bond acceptors (Lipinski definition) is 4. The number of nitrogens with zero attached hydrogens (tertiary/aromatic N) is 3. The highest BCUT2D eigenvalue weighted by molar-refractivity contribution is 5.28. The van der Waals surface area contributed by atoms with Crippen LogP contribution < -0.4 is 10.6 Å². The van der Waals surface area contributed by atoms with Crippen molar-refractivity contribution in [2.75, 3.05) is 18.5 Å². The van der Waals surface area contributed by atoms with Crippen LogP contribution in [0.1, 0.15) is 19.4 Å². The summed E-state index contributed by atoms with van der Waals surface area (Å²) in [7, 11) is 2.00. The predicted octanol–water partition coefficient (Wildman–Crippen LogP) is 1.03. The second-order valence-corrected chi connectivity index (χ2v) is 3.87. The van der Waals surface area contributed by atoms with Crippen molar-refractivity contribution in [3.05, 3.63) is 18.0 Å². The molecule has 4 nitrogen and oxygen atoms in total. The first-order chi connectivity index (χ1) is 6.63. The van der Waals surface area contributed by atoms with Gasteiger partial charge < -0.3 is 10.6 Å². The predicted molar refractivity (Wildman–Crippen MR) is 58.0 cm³/mol. The van der Waals surface area contributed by atoms with E-state index in [0.717, 1.165) is 18.1 Å². The first-order valence-corrected chi connectivity index (χ1v) is 4.85. The van der Waals surface area contributed by atoms with Gasteiger partial charge in [-0.1, -0.05) is 13.8 Å². The van der Waals surface area contributed by atoms with Crippen molar-refractivity contribution in [1.29, 1.82) is 0 Å². The van der Waals surface area contributed by atoms with Gasteiger partial charge in [0, 0.05) is 38.1 Å². The van der Waals surface area contributed by atoms with Gasteiger partial charge >= 0.3 is 0 Å². The molecular formula is C10H18N4. The molecule has 2 N–H and O–H groups in total. The summed E-state index contributed by atoms with van der Waals surface area (Å²) in [5, 5.41) is 0. The molecule has 0 aliphatic carbocycles. The highest BCUT2D eigenvalue weighted by atomic mass is 15.2. The van der Waals surface area contributed by atoms with E-state index in [-0.39, 0.29) is 0 Å². The Morgan fingerprint density at radius 2 is 1.93 bits per heavy atom. The Morgan fingerprint density at radius 1 is 1.36 bits per heavy atom. The van der Waals surface area contributed by atoms with Crippen molar-refractivity contribution in [2.45, 2.75) is 20.4 Å². The summed E-state index contributed by atoms with van der Waals surface area (Å²) in [6.07, 6.45) is 3.55. The third-order valence-electron chi connectivity index (χ3n) is 1.91. The van der Waals surface area contributed by atoms with E-state index in [1.807, 2.05) is 11.9 Å². The van der Waals surface area contributed by atoms with Crippen LogP contribution in [-0.4, -0.2) is 23.6 Å². The van der Waals surface area contributed by atoms with E-state index < -0.39 is 0 Å². The molecule has 78 valence electrons. The molecule has 0 aliphatic rings. The first-order valence-electron chi connectivity index (χ1n) is 4.85. The fourth-order valence-electron chi connectivity index (χ4n) is 1.28. The largest absolute Gasteiger partial charge is 0.344 e. The van der Waals surface area contributed by atoms with Gasteiger partial charge in [0.2, 0.25) is 5.95 Å². The maximum Gasteiger partial charge on any atom is 0.225 e. The summed E-state index contributed by atoms with van der Waals surface area (Å²) in [5.41, 5.74) is 6.43. The van der Waals surface area contributed by atoms with E-state index >= 15 is 0 Å². The average molecular weight is 194 g/mol. The lowest BCUT2D eigenvalue weighted by atomic mass is 10.2. The molecule has 0 aromatic carbocycles. The minimum atomic E-state index is 0.494. The van der Waals surface area contributed by atoms with E-state index in [1.54, 1.807) is 12.4 Å². The molecule has 1 aromatic rings. The van der Waals surface area contributed by atoms with E-state index in [1.165, 1.54) is 0 Å². The first kappa shape index (κ1) is 10.9. The van der Waals surface area contributed by atoms with Crippen LogP contribution in [0.25, 0.3) is 0 Å². The second-order valence-electron chi connectivity index (χ2n) is 3.87. The molecule has 1 aromatic heterocycles. The summed E-state index contributed by atoms with van der Waals surface area (Å²) in [6, 6.07) is 0. The Morgan fingerprint density at radius 3 is 2.36 bits per heavy atom. The maximum atomic E-state index is 5.46. The zero-order valence-electron chi connectivity index (χ0n) is 9.07. The van der Waals surface area contributed by atoms with Crippen LogP contribution in [0.15, 0.2) is 12.4 Å². The topological polar surface area (TPSA) is 55.0 Å². The van der Waals surface area contributed by atoms with Crippen molar-refractivity contribution in [3.63, 3.8) is 0 Å². The van der Waals surface area contributed by atoms with Gasteiger partial charge in [0.25, 0.3) is 0 Å². The normalized spacial score (nSPS) is 10.6. The number of rotatable bonds is 4. The Bertz CT molecular complexity index is 268. The molecule has 0 aliphatic heterocycles. The standard InChI is InChI=1S/C10H18N4/c1-8(2)7-14(3)10-12-5-9(4-11)6-13-10/h5-6,8H,4,7,11H2,1-3H3. The van der Waals surface area contributed by atoms with E-state index in [0.29, 0.717) is 12.5 Å². The molecule has 14 heavy (non-hydrogen) atoms. The fourth-order valence-corrected chi connectivity index (χ4v) is 1.28. The lowest BCUT2D eigenvalue weighted by Crippen LogP contribution is -2.24. The third-order valence-corrected chi connectivity index (χ3v) is 1.91. The number of anilines is 1. The molecule has 0 saturated carbocycles. The maximum absolute atomic E-state index is 5.46. The molecule has 0 saturated heterocycles. The molecule has 0 radical (unpaired) electrons. The van der Waals surface area contributed by atoms with Crippen molar-refractivity contribution in [1.82, 2.24) is 9.97 Å². The minimum absolute atomic E-state index is 0.494. The smallest absolute Gasteiger partial charge is 0.225 e. The fraction of sp³-hybridized carbons (Fsp3) is 0.600. The highest BCUT2D eigenvalue weighted by Crippen LogP contribution is 2.06. The summed E-state index contributed by atoms with van der Waals surface area (Å²) in [6.45, 7) is 5.80. The monoisotopic (exact) mass is 194 g/mol. The quantitative estimate of drug-likeness (QED) is 0.777. The van der Waals surface area contributed by atoms with Crippen LogP contribution in [0, 0.1) is 5.92 Å². The molecule has 0 amide bonds. The Hall–Kier alpha value is -1.16. The van der Waals surface area contributed by atoms with E-state index in [2.05, 4.69) is 23.8 Å². The van der Waals surface area contributed by atoms with Crippen molar-refractivity contribution in [2.24, 2.45) is 11.7 Å². The molecule has 0 spiro atoms. The van der Waals surface area contributed by atoms with Crippen molar-refractivity contribution >= 4 is 5.95 Å². The molecule has 1 heterocycles. The highest BCUT2D eigenvalue weighted by Gasteiger charge is 2.05. The SMILES string of the molecule is CC(C)CN(C)c1ncc(CN)cn1. The lowest BCUT2D eigenvalue weighted by Gasteiger charge is -2.18. The van der Waals surface area contributed by atoms with Crippen LogP contribution >= 0.6 is 0 Å². The van der Waals surface area contributed by atoms with E-state index in [4.69, 9.17) is 5.73 Å². The molecule has 0 fully saturated rings. The average Bonchev–Trinajstić information content (AvgIpc) is 2.17. The van der Waals surface area contributed by atoms with Gasteiger partial charge in [0.15, 0.2) is 0 Å². The van der Waals surface area contributed by atoms with Crippen LogP contribution in [-0.2, 0) is 6.54 Å². The Balaban J connectivity index is 2.66. The zero-order valence-corrected chi connectivity index (χ0v) is 9.07. The summed E-state index contributed by atoms with van der Waals surface area (Å²) in [4.78, 5) is 10.5. The van der Waals surface area contributed by atoms with Crippen molar-refractivity contribution in [3.8, 4) is 0 Å². The van der Waals surface area contributed by atoms with Gasteiger partial charge in [0.1, 0.15) is 0 Å². The van der Waals surface area contributed by atoms with Crippen LogP contribution in [0.2, 0.25) is 0 Å². The summed E-state index contributed by atoms with van der Waals surface area (Å²) < 4.78 is 0. The molecular weight excluding hydrogens is 176 g/mol. The van der Waals surface area contributed by atoms with Gasteiger partial charge in [-0.15, -0.1) is 0 Å². The summed E-state index contributed by atoms with van der Waals surface area (Å²) in [5.74, 6) is 1.37. The lowest BCUT2D eigenvalue weighted by molar-refractivity contribution is 0.629. The molecule has 0 atom stereocenters. The molecule has 4 heteroatoms. The van der Waals surface area contributed by atoms with Crippen LogP contribution in [0.5, 0.6) is 0 Å². The van der Waals surface area contributed by atoms with Crippen molar-refractivity contribution < 1.29 is 0 Å². The Kier molecular flexibility index (Phi) is 3.83. The third kappa shape index (κ3) is 2.96. The Labute approximate surface area is 85.2 Å².